The maximum Gasteiger partial charge on any atom is 0.312 e. The van der Waals surface area contributed by atoms with Gasteiger partial charge in [0.25, 0.3) is 0 Å². The predicted molar refractivity (Wildman–Crippen MR) is 57.9 cm³/mol. The molecule has 16 heavy (non-hydrogen) atoms. The Bertz CT molecular complexity index is 509. The van der Waals surface area contributed by atoms with Crippen LogP contribution in [0.4, 0.5) is 5.69 Å². The molecule has 0 fully saturated rings. The van der Waals surface area contributed by atoms with Crippen molar-refractivity contribution in [3.8, 4) is 5.75 Å². The third-order valence-corrected chi connectivity index (χ3v) is 2.35. The molecule has 0 saturated carbocycles. The normalized spacial score (nSPS) is 11.1. The van der Waals surface area contributed by atoms with Crippen LogP contribution in [-0.2, 0) is 16.5 Å². The number of nitrogens with zero attached hydrogens (tertiary/aromatic N) is 1. The third kappa shape index (κ3) is 3.20. The summed E-state index contributed by atoms with van der Waals surface area (Å²) in [5.74, 6) is -0.244. The van der Waals surface area contributed by atoms with Crippen molar-refractivity contribution in [3.63, 3.8) is 0 Å². The van der Waals surface area contributed by atoms with Gasteiger partial charge in [0.2, 0.25) is 5.75 Å². The van der Waals surface area contributed by atoms with Crippen LogP contribution in [0, 0.1) is 10.1 Å². The first kappa shape index (κ1) is 12.4. The van der Waals surface area contributed by atoms with Crippen molar-refractivity contribution in [1.82, 2.24) is 0 Å². The van der Waals surface area contributed by atoms with E-state index in [0.717, 1.165) is 11.8 Å². The molecule has 0 aliphatic rings. The summed E-state index contributed by atoms with van der Waals surface area (Å²) in [6.45, 7) is 1.85. The highest BCUT2D eigenvalue weighted by Gasteiger charge is 2.18. The van der Waals surface area contributed by atoms with Crippen LogP contribution >= 0.6 is 0 Å². The van der Waals surface area contributed by atoms with Crippen molar-refractivity contribution in [2.24, 2.45) is 0 Å². The molecular weight excluding hydrogens is 234 g/mol. The molecule has 0 aliphatic carbocycles. The van der Waals surface area contributed by atoms with Crippen LogP contribution in [0.15, 0.2) is 18.2 Å². The van der Waals surface area contributed by atoms with Crippen LogP contribution in [-0.4, -0.2) is 19.6 Å². The highest BCUT2D eigenvalue weighted by molar-refractivity contribution is 7.86. The topological polar surface area (TPSA) is 86.5 Å². The van der Waals surface area contributed by atoms with E-state index in [4.69, 9.17) is 0 Å². The first-order valence-corrected chi connectivity index (χ1v) is 6.32. The highest BCUT2D eigenvalue weighted by atomic mass is 32.2. The molecule has 6 nitrogen and oxygen atoms in total. The lowest BCUT2D eigenvalue weighted by atomic mass is 10.1. The van der Waals surface area contributed by atoms with Gasteiger partial charge in [0.15, 0.2) is 0 Å². The zero-order valence-electron chi connectivity index (χ0n) is 8.84. The summed E-state index contributed by atoms with van der Waals surface area (Å²) in [7, 11) is -3.76. The number of benzene rings is 1. The molecule has 0 aromatic heterocycles. The maximum atomic E-state index is 10.9. The van der Waals surface area contributed by atoms with Crippen molar-refractivity contribution in [1.29, 1.82) is 0 Å². The molecule has 1 rings (SSSR count). The molecule has 88 valence electrons. The lowest BCUT2D eigenvalue weighted by molar-refractivity contribution is -0.385. The van der Waals surface area contributed by atoms with Gasteiger partial charge in [0, 0.05) is 6.07 Å². The van der Waals surface area contributed by atoms with Crippen LogP contribution < -0.4 is 4.18 Å². The first-order chi connectivity index (χ1) is 7.33. The summed E-state index contributed by atoms with van der Waals surface area (Å²) < 4.78 is 26.4. The molecule has 0 bridgehead atoms. The Hall–Kier alpha value is -1.63. The Morgan fingerprint density at radius 3 is 2.50 bits per heavy atom. The Kier molecular flexibility index (Phi) is 3.48. The average molecular weight is 245 g/mol. The zero-order valence-corrected chi connectivity index (χ0v) is 9.65. The molecule has 1 aromatic carbocycles. The summed E-state index contributed by atoms with van der Waals surface area (Å²) in [5, 5.41) is 10.6. The minimum absolute atomic E-state index is 0.244. The van der Waals surface area contributed by atoms with Gasteiger partial charge < -0.3 is 4.18 Å². The largest absolute Gasteiger partial charge is 0.375 e. The number of rotatable bonds is 4. The summed E-state index contributed by atoms with van der Waals surface area (Å²) in [4.78, 5) is 9.96. The second kappa shape index (κ2) is 4.48. The van der Waals surface area contributed by atoms with Crippen molar-refractivity contribution in [3.05, 3.63) is 33.9 Å². The van der Waals surface area contributed by atoms with Crippen molar-refractivity contribution in [2.75, 3.05) is 6.26 Å². The number of hydrogen-bond acceptors (Lipinski definition) is 5. The van der Waals surface area contributed by atoms with Crippen molar-refractivity contribution >= 4 is 15.8 Å². The molecular formula is C9H11NO5S. The lowest BCUT2D eigenvalue weighted by Crippen LogP contribution is -2.07. The molecule has 0 heterocycles. The van der Waals surface area contributed by atoms with Crippen molar-refractivity contribution in [2.45, 2.75) is 13.3 Å². The van der Waals surface area contributed by atoms with Crippen molar-refractivity contribution < 1.29 is 17.5 Å². The van der Waals surface area contributed by atoms with Gasteiger partial charge in [-0.1, -0.05) is 13.0 Å². The van der Waals surface area contributed by atoms with Gasteiger partial charge in [-0.05, 0) is 18.1 Å². The molecule has 0 aliphatic heterocycles. The van der Waals surface area contributed by atoms with Gasteiger partial charge in [-0.2, -0.15) is 8.42 Å². The van der Waals surface area contributed by atoms with E-state index in [1.165, 1.54) is 12.1 Å². The van der Waals surface area contributed by atoms with E-state index < -0.39 is 15.0 Å². The minimum Gasteiger partial charge on any atom is -0.375 e. The monoisotopic (exact) mass is 245 g/mol. The predicted octanol–water partition coefficient (Wildman–Crippen LogP) is 1.50. The highest BCUT2D eigenvalue weighted by Crippen LogP contribution is 2.29. The van der Waals surface area contributed by atoms with Gasteiger partial charge in [-0.3, -0.25) is 10.1 Å². The van der Waals surface area contributed by atoms with E-state index in [1.54, 1.807) is 6.07 Å². The van der Waals surface area contributed by atoms with Gasteiger partial charge in [0.1, 0.15) is 0 Å². The Balaban J connectivity index is 3.26. The number of hydrogen-bond donors (Lipinski definition) is 0. The van der Waals surface area contributed by atoms with E-state index in [1.807, 2.05) is 6.92 Å². The van der Waals surface area contributed by atoms with Crippen LogP contribution in [0.3, 0.4) is 0 Å². The summed E-state index contributed by atoms with van der Waals surface area (Å²) in [5.41, 5.74) is 0.409. The van der Waals surface area contributed by atoms with E-state index in [9.17, 15) is 18.5 Å². The fraction of sp³-hybridized carbons (Fsp3) is 0.333. The molecule has 0 saturated heterocycles. The fourth-order valence-corrected chi connectivity index (χ4v) is 1.62. The molecule has 0 amide bonds. The summed E-state index contributed by atoms with van der Waals surface area (Å²) in [6, 6.07) is 4.16. The minimum atomic E-state index is -3.76. The number of aryl methyl sites for hydroxylation is 1. The van der Waals surface area contributed by atoms with Crippen LogP contribution in [0.25, 0.3) is 0 Å². The molecule has 0 atom stereocenters. The average Bonchev–Trinajstić information content (AvgIpc) is 2.14. The molecule has 0 spiro atoms. The quantitative estimate of drug-likeness (QED) is 0.455. The zero-order chi connectivity index (χ0) is 12.3. The Morgan fingerprint density at radius 2 is 2.06 bits per heavy atom. The first-order valence-electron chi connectivity index (χ1n) is 4.50. The van der Waals surface area contributed by atoms with Crippen LogP contribution in [0.1, 0.15) is 12.5 Å². The second-order valence-corrected chi connectivity index (χ2v) is 4.78. The summed E-state index contributed by atoms with van der Waals surface area (Å²) >= 11 is 0. The molecule has 7 heteroatoms. The smallest absolute Gasteiger partial charge is 0.312 e. The number of nitro benzene ring substituents is 1. The van der Waals surface area contributed by atoms with Gasteiger partial charge >= 0.3 is 15.8 Å². The Morgan fingerprint density at radius 1 is 1.44 bits per heavy atom. The van der Waals surface area contributed by atoms with E-state index >= 15 is 0 Å². The van der Waals surface area contributed by atoms with E-state index in [2.05, 4.69) is 4.18 Å². The molecule has 0 unspecified atom stereocenters. The van der Waals surface area contributed by atoms with Crippen LogP contribution in [0.2, 0.25) is 0 Å². The molecule has 0 N–H and O–H groups in total. The fourth-order valence-electron chi connectivity index (χ4n) is 1.16. The molecule has 0 radical (unpaired) electrons. The van der Waals surface area contributed by atoms with Gasteiger partial charge in [-0.25, -0.2) is 0 Å². The van der Waals surface area contributed by atoms with Gasteiger partial charge in [0.05, 0.1) is 11.2 Å². The maximum absolute atomic E-state index is 10.9. The Labute approximate surface area is 93.1 Å². The SMILES string of the molecule is CCc1ccc([N+](=O)[O-])c(OS(C)(=O)=O)c1. The van der Waals surface area contributed by atoms with E-state index in [0.29, 0.717) is 6.42 Å². The standard InChI is InChI=1S/C9H11NO5S/c1-3-7-4-5-8(10(11)12)9(6-7)15-16(2,13)14/h4-6H,3H2,1-2H3. The summed E-state index contributed by atoms with van der Waals surface area (Å²) in [6.07, 6.45) is 1.48. The van der Waals surface area contributed by atoms with E-state index in [-0.39, 0.29) is 11.4 Å². The van der Waals surface area contributed by atoms with Gasteiger partial charge in [-0.15, -0.1) is 0 Å². The second-order valence-electron chi connectivity index (χ2n) is 3.20. The molecule has 1 aromatic rings. The lowest BCUT2D eigenvalue weighted by Gasteiger charge is -2.05. The van der Waals surface area contributed by atoms with Crippen LogP contribution in [0.5, 0.6) is 5.75 Å². The number of nitro groups is 1. The third-order valence-electron chi connectivity index (χ3n) is 1.87.